The van der Waals surface area contributed by atoms with E-state index in [1.807, 2.05) is 0 Å². The van der Waals surface area contributed by atoms with E-state index in [1.54, 1.807) is 31.2 Å². The molecule has 1 saturated heterocycles. The Morgan fingerprint density at radius 3 is 2.60 bits per heavy atom. The molecule has 6 nitrogen and oxygen atoms in total. The van der Waals surface area contributed by atoms with E-state index in [-0.39, 0.29) is 12.5 Å². The Morgan fingerprint density at radius 1 is 1.28 bits per heavy atom. The molecule has 0 radical (unpaired) electrons. The second kappa shape index (κ2) is 7.87. The van der Waals surface area contributed by atoms with Crippen molar-refractivity contribution in [2.45, 2.75) is 32.2 Å². The van der Waals surface area contributed by atoms with Crippen LogP contribution in [0.5, 0.6) is 0 Å². The molecular formula is C18H22ClN3O3. The van der Waals surface area contributed by atoms with Gasteiger partial charge in [0.1, 0.15) is 6.04 Å². The maximum Gasteiger partial charge on any atom is 0.321 e. The van der Waals surface area contributed by atoms with Crippen LogP contribution in [0.3, 0.4) is 0 Å². The van der Waals surface area contributed by atoms with Crippen LogP contribution in [0.1, 0.15) is 37.8 Å². The molecule has 0 spiro atoms. The smallest absolute Gasteiger partial charge is 0.321 e. The van der Waals surface area contributed by atoms with Crippen molar-refractivity contribution in [2.24, 2.45) is 10.9 Å². The van der Waals surface area contributed by atoms with Crippen molar-refractivity contribution in [2.75, 3.05) is 19.7 Å². The number of guanidine groups is 1. The van der Waals surface area contributed by atoms with Gasteiger partial charge in [0.15, 0.2) is 5.92 Å². The van der Waals surface area contributed by atoms with E-state index < -0.39 is 17.9 Å². The van der Waals surface area contributed by atoms with Crippen LogP contribution >= 0.6 is 11.6 Å². The summed E-state index contributed by atoms with van der Waals surface area (Å²) in [6.07, 6.45) is 3.33. The summed E-state index contributed by atoms with van der Waals surface area (Å²) in [7, 11) is 0. The number of carbonyl (C=O) groups excluding carboxylic acids is 2. The number of rotatable bonds is 3. The molecule has 1 aromatic rings. The number of hydrogen-bond acceptors (Lipinski definition) is 5. The summed E-state index contributed by atoms with van der Waals surface area (Å²) < 4.78 is 5.10. The van der Waals surface area contributed by atoms with Crippen LogP contribution in [0.2, 0.25) is 5.02 Å². The predicted octanol–water partition coefficient (Wildman–Crippen LogP) is 2.53. The standard InChI is InChI=1S/C18H22ClN3O3/c1-2-25-17(24)14-15(12-6-8-13(19)9-7-12)20-18(21-16(14)23)22-10-4-3-5-11-22/h6-9,14-15H,2-5,10-11H2,1H3,(H,20,21,23)/t14-,15-/m1/s1. The molecule has 3 rings (SSSR count). The summed E-state index contributed by atoms with van der Waals surface area (Å²) in [6, 6.07) is 6.47. The Balaban J connectivity index is 1.95. The summed E-state index contributed by atoms with van der Waals surface area (Å²) in [6.45, 7) is 3.66. The largest absolute Gasteiger partial charge is 0.465 e. The molecule has 2 aliphatic heterocycles. The zero-order valence-electron chi connectivity index (χ0n) is 14.2. The Morgan fingerprint density at radius 2 is 1.96 bits per heavy atom. The van der Waals surface area contributed by atoms with E-state index in [0.717, 1.165) is 31.5 Å². The quantitative estimate of drug-likeness (QED) is 0.661. The number of nitrogens with one attached hydrogen (secondary N) is 1. The van der Waals surface area contributed by atoms with Gasteiger partial charge < -0.3 is 9.64 Å². The zero-order chi connectivity index (χ0) is 17.8. The number of piperidine rings is 1. The lowest BCUT2D eigenvalue weighted by Gasteiger charge is -2.35. The average Bonchev–Trinajstić information content (AvgIpc) is 2.62. The Labute approximate surface area is 152 Å². The van der Waals surface area contributed by atoms with Gasteiger partial charge in [0.05, 0.1) is 6.61 Å². The van der Waals surface area contributed by atoms with Crippen molar-refractivity contribution in [3.63, 3.8) is 0 Å². The molecule has 25 heavy (non-hydrogen) atoms. The van der Waals surface area contributed by atoms with Crippen molar-refractivity contribution < 1.29 is 14.3 Å². The second-order valence-corrected chi connectivity index (χ2v) is 6.65. The minimum Gasteiger partial charge on any atom is -0.465 e. The van der Waals surface area contributed by atoms with Crippen molar-refractivity contribution >= 4 is 29.4 Å². The molecule has 2 heterocycles. The molecule has 7 heteroatoms. The Bertz CT molecular complexity index is 669. The number of likely N-dealkylation sites (tertiary alicyclic amines) is 1. The van der Waals surface area contributed by atoms with Gasteiger partial charge in [-0.1, -0.05) is 23.7 Å². The summed E-state index contributed by atoms with van der Waals surface area (Å²) in [5.74, 6) is -1.37. The normalized spacial score (nSPS) is 23.7. The fourth-order valence-corrected chi connectivity index (χ4v) is 3.36. The molecule has 2 aliphatic rings. The van der Waals surface area contributed by atoms with Crippen LogP contribution in [0.4, 0.5) is 0 Å². The molecule has 0 bridgehead atoms. The van der Waals surface area contributed by atoms with E-state index in [1.165, 1.54) is 6.42 Å². The van der Waals surface area contributed by atoms with Crippen LogP contribution in [0.15, 0.2) is 29.3 Å². The molecule has 0 unspecified atom stereocenters. The first-order chi connectivity index (χ1) is 12.1. The topological polar surface area (TPSA) is 71.0 Å². The third-order valence-electron chi connectivity index (χ3n) is 4.50. The molecule has 1 amide bonds. The van der Waals surface area contributed by atoms with Gasteiger partial charge in [0, 0.05) is 18.1 Å². The number of carbonyl (C=O) groups is 2. The molecule has 0 aromatic heterocycles. The zero-order valence-corrected chi connectivity index (χ0v) is 15.0. The molecule has 134 valence electrons. The molecule has 1 aromatic carbocycles. The fraction of sp³-hybridized carbons (Fsp3) is 0.500. The molecule has 2 atom stereocenters. The Hall–Kier alpha value is -2.08. The average molecular weight is 364 g/mol. The van der Waals surface area contributed by atoms with Crippen LogP contribution in [-0.4, -0.2) is 42.4 Å². The minimum absolute atomic E-state index is 0.221. The van der Waals surface area contributed by atoms with Gasteiger partial charge in [-0.15, -0.1) is 0 Å². The summed E-state index contributed by atoms with van der Waals surface area (Å²) >= 11 is 5.96. The number of esters is 1. The van der Waals surface area contributed by atoms with Crippen LogP contribution in [0.25, 0.3) is 0 Å². The first-order valence-corrected chi connectivity index (χ1v) is 9.03. The number of amides is 1. The van der Waals surface area contributed by atoms with E-state index in [4.69, 9.17) is 21.3 Å². The second-order valence-electron chi connectivity index (χ2n) is 6.22. The summed E-state index contributed by atoms with van der Waals surface area (Å²) in [5, 5.41) is 3.39. The van der Waals surface area contributed by atoms with Gasteiger partial charge in [-0.25, -0.2) is 4.99 Å². The lowest BCUT2D eigenvalue weighted by atomic mass is 9.91. The van der Waals surface area contributed by atoms with E-state index in [2.05, 4.69) is 10.2 Å². The SMILES string of the molecule is CCOC(=O)[C@H]1C(=O)NC(N2CCCCC2)=N[C@@H]1c1ccc(Cl)cc1. The van der Waals surface area contributed by atoms with Crippen LogP contribution in [0, 0.1) is 5.92 Å². The van der Waals surface area contributed by atoms with Gasteiger partial charge >= 0.3 is 5.97 Å². The van der Waals surface area contributed by atoms with Crippen molar-refractivity contribution in [3.05, 3.63) is 34.9 Å². The highest BCUT2D eigenvalue weighted by molar-refractivity contribution is 6.30. The van der Waals surface area contributed by atoms with Crippen molar-refractivity contribution in [1.29, 1.82) is 0 Å². The highest BCUT2D eigenvalue weighted by atomic mass is 35.5. The van der Waals surface area contributed by atoms with Gasteiger partial charge in [-0.05, 0) is 43.9 Å². The molecule has 1 N–H and O–H groups in total. The number of hydrogen-bond donors (Lipinski definition) is 1. The maximum atomic E-state index is 12.7. The third kappa shape index (κ3) is 3.95. The minimum atomic E-state index is -0.991. The first kappa shape index (κ1) is 17.7. The summed E-state index contributed by atoms with van der Waals surface area (Å²) in [4.78, 5) is 31.8. The van der Waals surface area contributed by atoms with E-state index >= 15 is 0 Å². The summed E-state index contributed by atoms with van der Waals surface area (Å²) in [5.41, 5.74) is 0.770. The molecule has 0 saturated carbocycles. The van der Waals surface area contributed by atoms with Crippen molar-refractivity contribution in [3.8, 4) is 0 Å². The highest BCUT2D eigenvalue weighted by Gasteiger charge is 2.42. The Kier molecular flexibility index (Phi) is 5.58. The van der Waals surface area contributed by atoms with Gasteiger partial charge in [-0.2, -0.15) is 0 Å². The molecule has 1 fully saturated rings. The number of nitrogens with zero attached hydrogens (tertiary/aromatic N) is 2. The highest BCUT2D eigenvalue weighted by Crippen LogP contribution is 2.31. The first-order valence-electron chi connectivity index (χ1n) is 8.66. The van der Waals surface area contributed by atoms with Crippen molar-refractivity contribution in [1.82, 2.24) is 10.2 Å². The fourth-order valence-electron chi connectivity index (χ4n) is 3.23. The van der Waals surface area contributed by atoms with Gasteiger partial charge in [0.2, 0.25) is 11.9 Å². The molecule has 0 aliphatic carbocycles. The number of ether oxygens (including phenoxy) is 1. The van der Waals surface area contributed by atoms with E-state index in [0.29, 0.717) is 11.0 Å². The lowest BCUT2D eigenvalue weighted by molar-refractivity contribution is -0.153. The maximum absolute atomic E-state index is 12.7. The predicted molar refractivity (Wildman–Crippen MR) is 95.3 cm³/mol. The lowest BCUT2D eigenvalue weighted by Crippen LogP contribution is -2.53. The van der Waals surface area contributed by atoms with Gasteiger partial charge in [0.25, 0.3) is 0 Å². The molecular weight excluding hydrogens is 342 g/mol. The van der Waals surface area contributed by atoms with Crippen LogP contribution < -0.4 is 5.32 Å². The number of aliphatic imine (C=N–C) groups is 1. The monoisotopic (exact) mass is 363 g/mol. The van der Waals surface area contributed by atoms with Crippen LogP contribution in [-0.2, 0) is 14.3 Å². The number of halogens is 1. The number of benzene rings is 1. The third-order valence-corrected chi connectivity index (χ3v) is 4.75. The van der Waals surface area contributed by atoms with E-state index in [9.17, 15) is 9.59 Å². The van der Waals surface area contributed by atoms with Gasteiger partial charge in [-0.3, -0.25) is 14.9 Å².